The van der Waals surface area contributed by atoms with Crippen LogP contribution in [0.1, 0.15) is 95.2 Å². The number of amides is 1. The van der Waals surface area contributed by atoms with E-state index in [1.165, 1.54) is 11.1 Å². The van der Waals surface area contributed by atoms with Crippen LogP contribution in [0.15, 0.2) is 21.8 Å². The predicted octanol–water partition coefficient (Wildman–Crippen LogP) is 5.76. The van der Waals surface area contributed by atoms with Gasteiger partial charge in [-0.15, -0.1) is 0 Å². The molecule has 3 aliphatic carbocycles. The lowest BCUT2D eigenvalue weighted by atomic mass is 9.49. The fraction of sp³-hybridized carbons (Fsp3) is 0.667. The first kappa shape index (κ1) is 25.2. The molecular formula is C27H37BrN2O4. The van der Waals surface area contributed by atoms with Gasteiger partial charge in [0.2, 0.25) is 5.91 Å². The number of nitrogens with zero attached hydrogens (tertiary/aromatic N) is 1. The van der Waals surface area contributed by atoms with E-state index in [1.807, 2.05) is 6.92 Å². The number of carbonyl (C=O) groups is 2. The largest absolute Gasteiger partial charge is 0.481 e. The normalized spacial score (nSPS) is 29.5. The van der Waals surface area contributed by atoms with Gasteiger partial charge in [0.05, 0.1) is 11.1 Å². The number of aliphatic carboxylic acids is 1. The molecule has 1 aromatic carbocycles. The van der Waals surface area contributed by atoms with Crippen LogP contribution in [0.3, 0.4) is 0 Å². The van der Waals surface area contributed by atoms with E-state index in [4.69, 9.17) is 4.84 Å². The van der Waals surface area contributed by atoms with Crippen molar-refractivity contribution in [1.29, 1.82) is 0 Å². The summed E-state index contributed by atoms with van der Waals surface area (Å²) in [5, 5.41) is 17.7. The molecule has 0 heterocycles. The number of carboxylic acid groups (broad SMARTS) is 1. The van der Waals surface area contributed by atoms with Crippen LogP contribution >= 0.6 is 15.9 Å². The monoisotopic (exact) mass is 532 g/mol. The van der Waals surface area contributed by atoms with Gasteiger partial charge in [0.15, 0.2) is 0 Å². The highest BCUT2D eigenvalue weighted by atomic mass is 79.9. The van der Waals surface area contributed by atoms with Crippen molar-refractivity contribution in [2.75, 3.05) is 13.2 Å². The topological polar surface area (TPSA) is 88.0 Å². The summed E-state index contributed by atoms with van der Waals surface area (Å²) in [5.74, 6) is -0.0863. The van der Waals surface area contributed by atoms with Gasteiger partial charge in [-0.1, -0.05) is 48.3 Å². The molecule has 0 radical (unpaired) electrons. The number of hydrogen-bond donors (Lipinski definition) is 2. The first-order valence-electron chi connectivity index (χ1n) is 12.6. The zero-order valence-corrected chi connectivity index (χ0v) is 22.3. The van der Waals surface area contributed by atoms with Crippen molar-refractivity contribution in [3.05, 3.63) is 33.3 Å². The molecule has 4 rings (SSSR count). The summed E-state index contributed by atoms with van der Waals surface area (Å²) in [6, 6.07) is 4.42. The van der Waals surface area contributed by atoms with Crippen LogP contribution in [0.4, 0.5) is 0 Å². The van der Waals surface area contributed by atoms with E-state index in [1.54, 1.807) is 0 Å². The number of benzene rings is 1. The lowest BCUT2D eigenvalue weighted by Crippen LogP contribution is -2.53. The molecule has 3 atom stereocenters. The molecule has 1 aromatic rings. The van der Waals surface area contributed by atoms with Gasteiger partial charge in [-0.2, -0.15) is 0 Å². The lowest BCUT2D eigenvalue weighted by Gasteiger charge is -2.53. The number of nitrogens with one attached hydrogen (secondary N) is 1. The molecule has 0 saturated heterocycles. The Morgan fingerprint density at radius 2 is 2.00 bits per heavy atom. The highest BCUT2D eigenvalue weighted by molar-refractivity contribution is 9.10. The number of carbonyl (C=O) groups excluding carboxylic acids is 1. The van der Waals surface area contributed by atoms with Crippen molar-refractivity contribution in [3.63, 3.8) is 0 Å². The minimum Gasteiger partial charge on any atom is -0.481 e. The number of fused-ring (bicyclic) bond motifs is 3. The van der Waals surface area contributed by atoms with Gasteiger partial charge in [-0.3, -0.25) is 9.59 Å². The van der Waals surface area contributed by atoms with Crippen molar-refractivity contribution < 1.29 is 19.5 Å². The Bertz CT molecular complexity index is 1000. The second-order valence-corrected chi connectivity index (χ2v) is 12.0. The number of oxime groups is 1. The molecule has 0 unspecified atom stereocenters. The zero-order valence-electron chi connectivity index (χ0n) is 20.7. The Hall–Kier alpha value is -1.89. The Labute approximate surface area is 211 Å². The van der Waals surface area contributed by atoms with Crippen molar-refractivity contribution in [2.24, 2.45) is 22.4 Å². The summed E-state index contributed by atoms with van der Waals surface area (Å²) in [7, 11) is 0. The van der Waals surface area contributed by atoms with Crippen LogP contribution in [-0.2, 0) is 19.8 Å². The molecule has 2 fully saturated rings. The van der Waals surface area contributed by atoms with Gasteiger partial charge in [-0.05, 0) is 79.5 Å². The van der Waals surface area contributed by atoms with Gasteiger partial charge in [-0.25, -0.2) is 0 Å². The van der Waals surface area contributed by atoms with E-state index in [0.29, 0.717) is 38.3 Å². The molecule has 2 N–H and O–H groups in total. The third-order valence-corrected chi connectivity index (χ3v) is 9.02. The van der Waals surface area contributed by atoms with Crippen LogP contribution < -0.4 is 5.32 Å². The van der Waals surface area contributed by atoms with Crippen LogP contribution in [0, 0.1) is 17.3 Å². The summed E-state index contributed by atoms with van der Waals surface area (Å²) in [4.78, 5) is 30.0. The molecule has 3 aliphatic rings. The van der Waals surface area contributed by atoms with Crippen molar-refractivity contribution in [2.45, 2.75) is 84.0 Å². The minimum absolute atomic E-state index is 0.0595. The molecule has 0 aromatic heterocycles. The first-order valence-corrected chi connectivity index (χ1v) is 13.4. The van der Waals surface area contributed by atoms with Gasteiger partial charge >= 0.3 is 5.97 Å². The quantitative estimate of drug-likeness (QED) is 0.329. The second-order valence-electron chi connectivity index (χ2n) is 11.1. The van der Waals surface area contributed by atoms with Gasteiger partial charge in [0, 0.05) is 28.9 Å². The van der Waals surface area contributed by atoms with Gasteiger partial charge in [0.1, 0.15) is 6.61 Å². The van der Waals surface area contributed by atoms with Crippen LogP contribution in [0.5, 0.6) is 0 Å². The van der Waals surface area contributed by atoms with E-state index in [-0.39, 0.29) is 23.2 Å². The predicted molar refractivity (Wildman–Crippen MR) is 136 cm³/mol. The smallest absolute Gasteiger partial charge is 0.309 e. The maximum absolute atomic E-state index is 12.4. The maximum Gasteiger partial charge on any atom is 0.309 e. The third-order valence-electron chi connectivity index (χ3n) is 8.34. The van der Waals surface area contributed by atoms with E-state index in [9.17, 15) is 14.7 Å². The van der Waals surface area contributed by atoms with Crippen LogP contribution in [-0.4, -0.2) is 35.8 Å². The minimum atomic E-state index is -0.804. The average Bonchev–Trinajstić information content (AvgIpc) is 3.62. The van der Waals surface area contributed by atoms with E-state index >= 15 is 0 Å². The SMILES string of the molecule is CC(C)c1cc2c(cc1Br)[C@@]1(C)CCC[C@@](C)(C(=O)O)[C@@H]1C/C2=N\OCCCNC(=O)C1CC1. The summed E-state index contributed by atoms with van der Waals surface area (Å²) < 4.78 is 1.07. The van der Waals surface area contributed by atoms with Crippen LogP contribution in [0.2, 0.25) is 0 Å². The van der Waals surface area contributed by atoms with Crippen molar-refractivity contribution in [3.8, 4) is 0 Å². The summed E-state index contributed by atoms with van der Waals surface area (Å²) in [6.07, 6.45) is 5.82. The van der Waals surface area contributed by atoms with E-state index in [0.717, 1.165) is 41.4 Å². The Morgan fingerprint density at radius 3 is 2.65 bits per heavy atom. The molecule has 6 nitrogen and oxygen atoms in total. The average molecular weight is 534 g/mol. The number of carboxylic acids is 1. The molecule has 0 spiro atoms. The standard InChI is InChI=1S/C27H37BrN2O4/c1-16(2)18-13-19-20(14-21(18)28)26(3)9-5-10-27(4,25(32)33)23(26)15-22(19)30-34-12-6-11-29-24(31)17-7-8-17/h13-14,16-17,23H,5-12,15H2,1-4H3,(H,29,31)(H,32,33)/b30-22+/t23-,26-,27-/m1/s1. The Kier molecular flexibility index (Phi) is 7.14. The molecule has 34 heavy (non-hydrogen) atoms. The number of halogens is 1. The van der Waals surface area contributed by atoms with Crippen molar-refractivity contribution in [1.82, 2.24) is 5.32 Å². The number of rotatable bonds is 8. The zero-order chi connectivity index (χ0) is 24.7. The summed E-state index contributed by atoms with van der Waals surface area (Å²) in [5.41, 5.74) is 3.28. The van der Waals surface area contributed by atoms with E-state index in [2.05, 4.69) is 59.3 Å². The molecule has 0 aliphatic heterocycles. The molecule has 7 heteroatoms. The summed E-state index contributed by atoms with van der Waals surface area (Å²) in [6.45, 7) is 9.48. The molecule has 186 valence electrons. The Morgan fingerprint density at radius 1 is 1.26 bits per heavy atom. The summed E-state index contributed by atoms with van der Waals surface area (Å²) >= 11 is 3.78. The highest BCUT2D eigenvalue weighted by Gasteiger charge is 2.56. The molecule has 2 saturated carbocycles. The first-order chi connectivity index (χ1) is 16.1. The Balaban J connectivity index is 1.61. The molecule has 1 amide bonds. The molecule has 0 bridgehead atoms. The molecular weight excluding hydrogens is 496 g/mol. The highest BCUT2D eigenvalue weighted by Crippen LogP contribution is 2.58. The van der Waals surface area contributed by atoms with E-state index < -0.39 is 11.4 Å². The fourth-order valence-electron chi connectivity index (χ4n) is 6.00. The van der Waals surface area contributed by atoms with Crippen molar-refractivity contribution >= 4 is 33.5 Å². The number of hydrogen-bond acceptors (Lipinski definition) is 4. The van der Waals surface area contributed by atoms with Crippen LogP contribution in [0.25, 0.3) is 0 Å². The third kappa shape index (κ3) is 4.65. The maximum atomic E-state index is 12.4. The fourth-order valence-corrected chi connectivity index (χ4v) is 6.80. The lowest BCUT2D eigenvalue weighted by molar-refractivity contribution is -0.156. The van der Waals surface area contributed by atoms with Gasteiger partial charge < -0.3 is 15.3 Å². The van der Waals surface area contributed by atoms with Gasteiger partial charge in [0.25, 0.3) is 0 Å². The second kappa shape index (κ2) is 9.63.